The summed E-state index contributed by atoms with van der Waals surface area (Å²) in [6.07, 6.45) is 10.4. The van der Waals surface area contributed by atoms with Gasteiger partial charge in [-0.25, -0.2) is 0 Å². The number of benzene rings is 1. The average molecular weight is 282 g/mol. The van der Waals surface area contributed by atoms with Crippen LogP contribution >= 0.6 is 0 Å². The highest BCUT2D eigenvalue weighted by Gasteiger charge is 2.51. The summed E-state index contributed by atoms with van der Waals surface area (Å²) in [6.45, 7) is 4.93. The number of phenolic OH excluding ortho intramolecular Hbond substituents is 1. The van der Waals surface area contributed by atoms with Crippen LogP contribution in [-0.4, -0.2) is 5.11 Å². The number of aromatic hydroxyl groups is 1. The minimum atomic E-state index is 0.417. The van der Waals surface area contributed by atoms with Crippen LogP contribution in [0.5, 0.6) is 5.75 Å². The van der Waals surface area contributed by atoms with E-state index in [1.54, 1.807) is 5.57 Å². The number of phenols is 1. The molecule has 4 unspecified atom stereocenters. The Morgan fingerprint density at radius 3 is 2.90 bits per heavy atom. The molecule has 3 aliphatic rings. The van der Waals surface area contributed by atoms with Crippen LogP contribution in [0.2, 0.25) is 0 Å². The third-order valence-corrected chi connectivity index (χ3v) is 6.87. The monoisotopic (exact) mass is 282 g/mol. The molecule has 1 N–H and O–H groups in total. The lowest BCUT2D eigenvalue weighted by molar-refractivity contribution is 0.114. The van der Waals surface area contributed by atoms with E-state index < -0.39 is 0 Å². The number of allylic oxidation sites excluding steroid dienone is 2. The van der Waals surface area contributed by atoms with Gasteiger partial charge < -0.3 is 5.11 Å². The normalized spacial score (nSPS) is 37.4. The Labute approximate surface area is 128 Å². The maximum atomic E-state index is 9.72. The van der Waals surface area contributed by atoms with E-state index in [0.29, 0.717) is 11.2 Å². The summed E-state index contributed by atoms with van der Waals surface area (Å²) in [7, 11) is 0. The van der Waals surface area contributed by atoms with Crippen LogP contribution in [-0.2, 0) is 6.42 Å². The number of aryl methyl sites for hydroxylation is 1. The van der Waals surface area contributed by atoms with Gasteiger partial charge in [0.15, 0.2) is 0 Å². The van der Waals surface area contributed by atoms with Gasteiger partial charge in [-0.2, -0.15) is 0 Å². The second-order valence-corrected chi connectivity index (χ2v) is 7.65. The zero-order valence-corrected chi connectivity index (χ0v) is 13.2. The first-order valence-corrected chi connectivity index (χ1v) is 8.66. The van der Waals surface area contributed by atoms with Gasteiger partial charge >= 0.3 is 0 Å². The van der Waals surface area contributed by atoms with Gasteiger partial charge in [-0.3, -0.25) is 0 Å². The second kappa shape index (κ2) is 4.63. The quantitative estimate of drug-likeness (QED) is 0.752. The summed E-state index contributed by atoms with van der Waals surface area (Å²) < 4.78 is 0. The van der Waals surface area contributed by atoms with Crippen molar-refractivity contribution in [3.63, 3.8) is 0 Å². The first kappa shape index (κ1) is 13.4. The zero-order chi connectivity index (χ0) is 14.6. The van der Waals surface area contributed by atoms with Crippen LogP contribution in [0.25, 0.3) is 5.57 Å². The van der Waals surface area contributed by atoms with Gasteiger partial charge in [-0.1, -0.05) is 32.4 Å². The van der Waals surface area contributed by atoms with Crippen LogP contribution in [0.3, 0.4) is 0 Å². The van der Waals surface area contributed by atoms with Crippen LogP contribution in [0.4, 0.5) is 0 Å². The van der Waals surface area contributed by atoms with E-state index in [1.165, 1.54) is 43.2 Å². The summed E-state index contributed by atoms with van der Waals surface area (Å²) >= 11 is 0. The molecule has 0 amide bonds. The predicted octanol–water partition coefficient (Wildman–Crippen LogP) is 5.18. The van der Waals surface area contributed by atoms with Crippen molar-refractivity contribution in [2.75, 3.05) is 0 Å². The molecule has 3 aliphatic carbocycles. The summed E-state index contributed by atoms with van der Waals surface area (Å²) in [5, 5.41) is 9.72. The van der Waals surface area contributed by atoms with E-state index in [4.69, 9.17) is 0 Å². The van der Waals surface area contributed by atoms with E-state index >= 15 is 0 Å². The Morgan fingerprint density at radius 2 is 2.10 bits per heavy atom. The van der Waals surface area contributed by atoms with E-state index in [-0.39, 0.29) is 0 Å². The Kier molecular flexibility index (Phi) is 2.96. The van der Waals surface area contributed by atoms with E-state index in [2.05, 4.69) is 26.0 Å². The molecule has 1 nitrogen and oxygen atoms in total. The minimum Gasteiger partial charge on any atom is -0.508 e. The molecule has 0 aliphatic heterocycles. The molecule has 1 heteroatoms. The smallest absolute Gasteiger partial charge is 0.115 e. The predicted molar refractivity (Wildman–Crippen MR) is 87.1 cm³/mol. The molecule has 0 heterocycles. The van der Waals surface area contributed by atoms with Gasteiger partial charge in [0.1, 0.15) is 5.75 Å². The SMILES string of the molecule is CCC1CCC2C3CCc4cc(O)ccc4C3=CCC12C. The Bertz CT molecular complexity index is 600. The molecule has 112 valence electrons. The van der Waals surface area contributed by atoms with Crippen LogP contribution in [0.15, 0.2) is 24.3 Å². The second-order valence-electron chi connectivity index (χ2n) is 7.65. The zero-order valence-electron chi connectivity index (χ0n) is 13.2. The van der Waals surface area contributed by atoms with Gasteiger partial charge in [0.2, 0.25) is 0 Å². The Morgan fingerprint density at radius 1 is 1.24 bits per heavy atom. The molecule has 21 heavy (non-hydrogen) atoms. The van der Waals surface area contributed by atoms with Gasteiger partial charge in [-0.15, -0.1) is 0 Å². The van der Waals surface area contributed by atoms with Crippen molar-refractivity contribution in [3.8, 4) is 5.75 Å². The van der Waals surface area contributed by atoms with E-state index in [1.807, 2.05) is 12.1 Å². The molecule has 1 aromatic rings. The van der Waals surface area contributed by atoms with Crippen molar-refractivity contribution in [2.24, 2.45) is 23.2 Å². The van der Waals surface area contributed by atoms with E-state index in [9.17, 15) is 5.11 Å². The fourth-order valence-electron chi connectivity index (χ4n) is 5.74. The molecule has 1 aromatic carbocycles. The van der Waals surface area contributed by atoms with Gasteiger partial charge in [0, 0.05) is 0 Å². The van der Waals surface area contributed by atoms with Crippen molar-refractivity contribution < 1.29 is 5.11 Å². The molecule has 0 radical (unpaired) electrons. The maximum Gasteiger partial charge on any atom is 0.115 e. The number of rotatable bonds is 1. The molecule has 0 bridgehead atoms. The highest BCUT2D eigenvalue weighted by molar-refractivity contribution is 5.73. The minimum absolute atomic E-state index is 0.417. The van der Waals surface area contributed by atoms with Crippen molar-refractivity contribution >= 4 is 5.57 Å². The van der Waals surface area contributed by atoms with Crippen molar-refractivity contribution in [3.05, 3.63) is 35.4 Å². The van der Waals surface area contributed by atoms with Crippen LogP contribution in [0.1, 0.15) is 57.1 Å². The summed E-state index contributed by atoms with van der Waals surface area (Å²) in [4.78, 5) is 0. The lowest BCUT2D eigenvalue weighted by Gasteiger charge is -2.46. The molecule has 4 atom stereocenters. The van der Waals surface area contributed by atoms with Crippen molar-refractivity contribution in [1.29, 1.82) is 0 Å². The standard InChI is InChI=1S/C20H26O/c1-3-14-5-9-19-18-7-4-13-12-15(21)6-8-16(13)17(18)10-11-20(14,19)2/h6,8,10,12,14,18-19,21H,3-5,7,9,11H2,1-2H3. The fraction of sp³-hybridized carbons (Fsp3) is 0.600. The Balaban J connectivity index is 1.76. The summed E-state index contributed by atoms with van der Waals surface area (Å²) in [5.41, 5.74) is 4.91. The topological polar surface area (TPSA) is 20.2 Å². The number of hydrogen-bond donors (Lipinski definition) is 1. The first-order valence-electron chi connectivity index (χ1n) is 8.66. The fourth-order valence-corrected chi connectivity index (χ4v) is 5.74. The third kappa shape index (κ3) is 1.82. The van der Waals surface area contributed by atoms with Gasteiger partial charge in [0.05, 0.1) is 0 Å². The molecule has 0 saturated heterocycles. The van der Waals surface area contributed by atoms with Gasteiger partial charge in [0.25, 0.3) is 0 Å². The summed E-state index contributed by atoms with van der Waals surface area (Å²) in [5.74, 6) is 2.98. The number of hydrogen-bond acceptors (Lipinski definition) is 1. The van der Waals surface area contributed by atoms with E-state index in [0.717, 1.165) is 24.2 Å². The maximum absolute atomic E-state index is 9.72. The van der Waals surface area contributed by atoms with Crippen LogP contribution < -0.4 is 0 Å². The van der Waals surface area contributed by atoms with Crippen LogP contribution in [0, 0.1) is 23.2 Å². The lowest BCUT2D eigenvalue weighted by Crippen LogP contribution is -2.37. The molecular formula is C20H26O. The molecule has 1 saturated carbocycles. The Hall–Kier alpha value is -1.24. The first-order chi connectivity index (χ1) is 10.1. The summed E-state index contributed by atoms with van der Waals surface area (Å²) in [6, 6.07) is 5.99. The highest BCUT2D eigenvalue weighted by Crippen LogP contribution is 2.61. The third-order valence-electron chi connectivity index (χ3n) is 6.87. The molecular weight excluding hydrogens is 256 g/mol. The van der Waals surface area contributed by atoms with Gasteiger partial charge in [-0.05, 0) is 84.1 Å². The van der Waals surface area contributed by atoms with Crippen molar-refractivity contribution in [2.45, 2.75) is 52.4 Å². The lowest BCUT2D eigenvalue weighted by atomic mass is 9.58. The molecule has 0 aromatic heterocycles. The molecule has 0 spiro atoms. The van der Waals surface area contributed by atoms with Crippen molar-refractivity contribution in [1.82, 2.24) is 0 Å². The average Bonchev–Trinajstić information content (AvgIpc) is 2.83. The molecule has 1 fully saturated rings. The largest absolute Gasteiger partial charge is 0.508 e. The number of fused-ring (bicyclic) bond motifs is 5. The molecule has 4 rings (SSSR count). The highest BCUT2D eigenvalue weighted by atomic mass is 16.3.